The zero-order valence-corrected chi connectivity index (χ0v) is 17.0. The summed E-state index contributed by atoms with van der Waals surface area (Å²) in [5.74, 6) is 0.846. The largest absolute Gasteiger partial charge is 0.478 e. The number of ether oxygens (including phenoxy) is 1. The number of alkyl halides is 3. The van der Waals surface area contributed by atoms with E-state index in [-0.39, 0.29) is 23.5 Å². The van der Waals surface area contributed by atoms with Crippen LogP contribution in [0.15, 0.2) is 36.7 Å². The van der Waals surface area contributed by atoms with Crippen LogP contribution in [0.5, 0.6) is 5.88 Å². The van der Waals surface area contributed by atoms with Crippen molar-refractivity contribution in [2.75, 3.05) is 11.5 Å². The Hall–Kier alpha value is -3.43. The number of aryl methyl sites for hydroxylation is 3. The third kappa shape index (κ3) is 4.10. The van der Waals surface area contributed by atoms with Crippen LogP contribution in [0.4, 0.5) is 19.0 Å². The lowest BCUT2D eigenvalue weighted by molar-refractivity contribution is -0.138. The number of aromatic nitrogens is 4. The lowest BCUT2D eigenvalue weighted by Gasteiger charge is -2.17. The van der Waals surface area contributed by atoms with Crippen LogP contribution in [-0.2, 0) is 32.6 Å². The topological polar surface area (TPSA) is 73.1 Å². The fourth-order valence-corrected chi connectivity index (χ4v) is 3.62. The molecular formula is C21H20F3N5O2. The Morgan fingerprint density at radius 2 is 2.00 bits per heavy atom. The lowest BCUT2D eigenvalue weighted by Crippen LogP contribution is -2.24. The number of hydrogen-bond acceptors (Lipinski definition) is 5. The van der Waals surface area contributed by atoms with E-state index in [4.69, 9.17) is 4.74 Å². The summed E-state index contributed by atoms with van der Waals surface area (Å²) in [5, 5.41) is 7.91. The van der Waals surface area contributed by atoms with Gasteiger partial charge in [0.15, 0.2) is 0 Å². The van der Waals surface area contributed by atoms with Crippen molar-refractivity contribution in [1.82, 2.24) is 19.7 Å². The molecule has 0 saturated carbocycles. The van der Waals surface area contributed by atoms with Crippen LogP contribution in [0.3, 0.4) is 0 Å². The summed E-state index contributed by atoms with van der Waals surface area (Å²) in [7, 11) is 1.84. The van der Waals surface area contributed by atoms with Crippen LogP contribution < -0.4 is 9.64 Å². The maximum Gasteiger partial charge on any atom is 0.416 e. The number of nitrogens with zero attached hydrogens (tertiary/aromatic N) is 5. The molecule has 1 aliphatic rings. The van der Waals surface area contributed by atoms with E-state index in [1.807, 2.05) is 11.6 Å². The van der Waals surface area contributed by atoms with E-state index in [0.29, 0.717) is 25.3 Å². The highest BCUT2D eigenvalue weighted by Crippen LogP contribution is 2.38. The maximum absolute atomic E-state index is 13.4. The SMILES string of the molecule is CCOc1cc(CCc2nncn2C)cc(N2Cc3c(cccc3C(F)(F)F)C2=O)n1. The van der Waals surface area contributed by atoms with Crippen molar-refractivity contribution >= 4 is 11.7 Å². The fraction of sp³-hybridized carbons (Fsp3) is 0.333. The highest BCUT2D eigenvalue weighted by atomic mass is 19.4. The Bertz CT molecular complexity index is 1130. The summed E-state index contributed by atoms with van der Waals surface area (Å²) in [6, 6.07) is 7.12. The third-order valence-electron chi connectivity index (χ3n) is 5.13. The molecule has 7 nitrogen and oxygen atoms in total. The molecule has 0 unspecified atom stereocenters. The summed E-state index contributed by atoms with van der Waals surface area (Å²) >= 11 is 0. The van der Waals surface area contributed by atoms with Crippen molar-refractivity contribution in [2.45, 2.75) is 32.5 Å². The van der Waals surface area contributed by atoms with Gasteiger partial charge >= 0.3 is 6.18 Å². The smallest absolute Gasteiger partial charge is 0.416 e. The summed E-state index contributed by atoms with van der Waals surface area (Å²) in [5.41, 5.74) is 0.0314. The first-order chi connectivity index (χ1) is 14.8. The van der Waals surface area contributed by atoms with E-state index in [1.165, 1.54) is 17.0 Å². The molecule has 0 aliphatic carbocycles. The molecule has 10 heteroatoms. The van der Waals surface area contributed by atoms with E-state index in [9.17, 15) is 18.0 Å². The molecule has 0 saturated heterocycles. The van der Waals surface area contributed by atoms with E-state index >= 15 is 0 Å². The Labute approximate surface area is 176 Å². The fourth-order valence-electron chi connectivity index (χ4n) is 3.62. The monoisotopic (exact) mass is 431 g/mol. The van der Waals surface area contributed by atoms with Gasteiger partial charge in [-0.2, -0.15) is 18.2 Å². The average molecular weight is 431 g/mol. The second-order valence-electron chi connectivity index (χ2n) is 7.18. The number of fused-ring (bicyclic) bond motifs is 1. The number of carbonyl (C=O) groups excluding carboxylic acids is 1. The number of carbonyl (C=O) groups is 1. The Balaban J connectivity index is 1.66. The van der Waals surface area contributed by atoms with Crippen molar-refractivity contribution in [2.24, 2.45) is 7.05 Å². The van der Waals surface area contributed by atoms with Gasteiger partial charge in [0.25, 0.3) is 5.91 Å². The molecule has 162 valence electrons. The van der Waals surface area contributed by atoms with Crippen molar-refractivity contribution in [3.63, 3.8) is 0 Å². The van der Waals surface area contributed by atoms with Gasteiger partial charge in [-0.3, -0.25) is 9.69 Å². The lowest BCUT2D eigenvalue weighted by atomic mass is 10.0. The molecule has 4 rings (SSSR count). The molecule has 3 heterocycles. The highest BCUT2D eigenvalue weighted by molar-refractivity contribution is 6.09. The van der Waals surface area contributed by atoms with Gasteiger partial charge in [-0.05, 0) is 42.7 Å². The van der Waals surface area contributed by atoms with Crippen molar-refractivity contribution in [3.8, 4) is 5.88 Å². The zero-order chi connectivity index (χ0) is 22.2. The van der Waals surface area contributed by atoms with Gasteiger partial charge in [0.05, 0.1) is 18.7 Å². The maximum atomic E-state index is 13.4. The molecule has 1 amide bonds. The normalized spacial score (nSPS) is 13.6. The Morgan fingerprint density at radius 3 is 2.68 bits per heavy atom. The first-order valence-corrected chi connectivity index (χ1v) is 9.75. The van der Waals surface area contributed by atoms with Crippen molar-refractivity contribution in [1.29, 1.82) is 0 Å². The molecule has 3 aromatic rings. The molecule has 0 fully saturated rings. The van der Waals surface area contributed by atoms with E-state index in [2.05, 4.69) is 15.2 Å². The van der Waals surface area contributed by atoms with Gasteiger partial charge < -0.3 is 9.30 Å². The van der Waals surface area contributed by atoms with Gasteiger partial charge in [-0.1, -0.05) is 6.07 Å². The molecule has 1 aromatic carbocycles. The van der Waals surface area contributed by atoms with Crippen molar-refractivity contribution in [3.05, 3.63) is 64.7 Å². The van der Waals surface area contributed by atoms with E-state index < -0.39 is 17.6 Å². The summed E-state index contributed by atoms with van der Waals surface area (Å²) < 4.78 is 47.6. The third-order valence-corrected chi connectivity index (χ3v) is 5.13. The zero-order valence-electron chi connectivity index (χ0n) is 17.0. The number of rotatable bonds is 6. The van der Waals surface area contributed by atoms with E-state index in [0.717, 1.165) is 17.5 Å². The predicted octanol–water partition coefficient (Wildman–Crippen LogP) is 3.57. The molecule has 1 aliphatic heterocycles. The van der Waals surface area contributed by atoms with Gasteiger partial charge in [0, 0.05) is 25.1 Å². The average Bonchev–Trinajstić information content (AvgIpc) is 3.28. The molecule has 0 N–H and O–H groups in total. The standard InChI is InChI=1S/C21H20F3N5O2/c1-3-31-19-10-13(7-8-17-27-25-12-28(17)2)9-18(26-19)29-11-15-14(20(29)30)5-4-6-16(15)21(22,23)24/h4-6,9-10,12H,3,7-8,11H2,1-2H3. The van der Waals surface area contributed by atoms with Gasteiger partial charge in [-0.25, -0.2) is 0 Å². The minimum absolute atomic E-state index is 0.0377. The van der Waals surface area contributed by atoms with Gasteiger partial charge in [0.2, 0.25) is 5.88 Å². The van der Waals surface area contributed by atoms with Crippen LogP contribution >= 0.6 is 0 Å². The van der Waals surface area contributed by atoms with Crippen LogP contribution in [0.2, 0.25) is 0 Å². The summed E-state index contributed by atoms with van der Waals surface area (Å²) in [6.45, 7) is 1.97. The minimum Gasteiger partial charge on any atom is -0.478 e. The summed E-state index contributed by atoms with van der Waals surface area (Å²) in [4.78, 5) is 18.5. The number of pyridine rings is 1. The van der Waals surface area contributed by atoms with Gasteiger partial charge in [-0.15, -0.1) is 10.2 Å². The summed E-state index contributed by atoms with van der Waals surface area (Å²) in [6.07, 6.45) is -1.76. The number of anilines is 1. The van der Waals surface area contributed by atoms with Crippen LogP contribution in [0.1, 0.15) is 39.8 Å². The Morgan fingerprint density at radius 1 is 1.19 bits per heavy atom. The van der Waals surface area contributed by atoms with Gasteiger partial charge in [0.1, 0.15) is 18.0 Å². The number of halogens is 3. The van der Waals surface area contributed by atoms with E-state index in [1.54, 1.807) is 25.4 Å². The predicted molar refractivity (Wildman–Crippen MR) is 106 cm³/mol. The van der Waals surface area contributed by atoms with Crippen LogP contribution in [0.25, 0.3) is 0 Å². The highest BCUT2D eigenvalue weighted by Gasteiger charge is 2.40. The first-order valence-electron chi connectivity index (χ1n) is 9.75. The second kappa shape index (κ2) is 8.01. The number of benzene rings is 1. The second-order valence-corrected chi connectivity index (χ2v) is 7.18. The molecule has 2 aromatic heterocycles. The molecule has 0 bridgehead atoms. The number of hydrogen-bond donors (Lipinski definition) is 0. The minimum atomic E-state index is -4.54. The molecule has 0 spiro atoms. The first kappa shape index (κ1) is 20.8. The molecule has 31 heavy (non-hydrogen) atoms. The van der Waals surface area contributed by atoms with Crippen molar-refractivity contribution < 1.29 is 22.7 Å². The quantitative estimate of drug-likeness (QED) is 0.597. The molecular weight excluding hydrogens is 411 g/mol. The number of amides is 1. The van der Waals surface area contributed by atoms with Crippen LogP contribution in [0, 0.1) is 0 Å². The van der Waals surface area contributed by atoms with Crippen LogP contribution in [-0.4, -0.2) is 32.3 Å². The molecule has 0 radical (unpaired) electrons. The molecule has 0 atom stereocenters. The Kier molecular flexibility index (Phi) is 5.38.